The van der Waals surface area contributed by atoms with Crippen LogP contribution < -0.4 is 23.7 Å². The van der Waals surface area contributed by atoms with Crippen molar-refractivity contribution in [3.05, 3.63) is 125 Å². The molecule has 0 amide bonds. The maximum Gasteiger partial charge on any atom is 0.345 e. The first-order valence-corrected chi connectivity index (χ1v) is 21.0. The van der Waals surface area contributed by atoms with Crippen LogP contribution in [0.15, 0.2) is 103 Å². The second kappa shape index (κ2) is 18.5. The number of aromatic nitrogens is 4. The Morgan fingerprint density at radius 2 is 1.75 bits per heavy atom. The number of likely N-dealkylation sites (tertiary alicyclic amines) is 1. The smallest absolute Gasteiger partial charge is 0.345 e. The quantitative estimate of drug-likeness (QED) is 0.0991. The van der Waals surface area contributed by atoms with Gasteiger partial charge in [0.05, 0.1) is 46.3 Å². The van der Waals surface area contributed by atoms with Crippen LogP contribution in [0.5, 0.6) is 28.9 Å². The highest BCUT2D eigenvalue weighted by molar-refractivity contribution is 7.13. The molecule has 7 aromatic rings. The van der Waals surface area contributed by atoms with Gasteiger partial charge in [-0.05, 0) is 104 Å². The van der Waals surface area contributed by atoms with Crippen LogP contribution in [-0.4, -0.2) is 81.9 Å². The molecule has 4 heterocycles. The van der Waals surface area contributed by atoms with Crippen molar-refractivity contribution in [2.75, 3.05) is 34.4 Å². The highest BCUT2D eigenvalue weighted by Gasteiger charge is 2.29. The molecule has 0 saturated carbocycles. The van der Waals surface area contributed by atoms with Gasteiger partial charge in [0.25, 0.3) is 0 Å². The lowest BCUT2D eigenvalue weighted by molar-refractivity contribution is -0.145. The number of hydrogen-bond acceptors (Lipinski definition) is 12. The fourth-order valence-electron chi connectivity index (χ4n) is 7.58. The molecule has 1 saturated heterocycles. The predicted molar refractivity (Wildman–Crippen MR) is 236 cm³/mol. The third kappa shape index (κ3) is 8.95. The fourth-order valence-corrected chi connectivity index (χ4v) is 8.49. The number of pyridine rings is 1. The Balaban J connectivity index is 1.11. The number of benzene rings is 4. The van der Waals surface area contributed by atoms with Crippen molar-refractivity contribution in [1.82, 2.24) is 24.2 Å². The third-order valence-electron chi connectivity index (χ3n) is 10.9. The Bertz CT molecular complexity index is 2690. The molecule has 1 N–H and O–H groups in total. The molecule has 4 aromatic carbocycles. The van der Waals surface area contributed by atoms with Crippen LogP contribution >= 0.6 is 23.1 Å². The highest BCUT2D eigenvalue weighted by atomic mass is 35.5. The minimum absolute atomic E-state index is 0.0169. The zero-order chi connectivity index (χ0) is 42.5. The Hall–Kier alpha value is -6.28. The number of aliphatic carboxylic acids is 1. The Morgan fingerprint density at radius 3 is 2.54 bits per heavy atom. The van der Waals surface area contributed by atoms with Gasteiger partial charge in [0.2, 0.25) is 12.0 Å². The highest BCUT2D eigenvalue weighted by Crippen LogP contribution is 2.46. The molecule has 1 fully saturated rings. The SMILES string of the molecule is COc1cccc(-c2ncc3snc(O[C@H](Cc4ccccc4OCc4ccnc(-c5ccccc5OC)n4)C(=O)O)c3c2-c2ccc(OCC3CCCN3C)c(Cl)c2C)c1. The molecule has 1 aliphatic heterocycles. The van der Waals surface area contributed by atoms with Crippen LogP contribution in [0.4, 0.5) is 0 Å². The monoisotopic (exact) mass is 857 g/mol. The van der Waals surface area contributed by atoms with Gasteiger partial charge in [-0.3, -0.25) is 4.98 Å². The molecular formula is C47H44ClN5O7S. The molecule has 0 bridgehead atoms. The summed E-state index contributed by atoms with van der Waals surface area (Å²) in [5.41, 5.74) is 5.68. The number of carbonyl (C=O) groups is 1. The molecular weight excluding hydrogens is 814 g/mol. The van der Waals surface area contributed by atoms with Crippen LogP contribution in [0.3, 0.4) is 0 Å². The van der Waals surface area contributed by atoms with Gasteiger partial charge in [0.15, 0.2) is 5.82 Å². The Morgan fingerprint density at radius 1 is 0.934 bits per heavy atom. The molecule has 0 aliphatic carbocycles. The lowest BCUT2D eigenvalue weighted by Gasteiger charge is -2.21. The number of ether oxygens (including phenoxy) is 5. The summed E-state index contributed by atoms with van der Waals surface area (Å²) in [5.74, 6) is 1.90. The second-order valence-corrected chi connectivity index (χ2v) is 15.9. The van der Waals surface area contributed by atoms with Crippen molar-refractivity contribution < 1.29 is 33.6 Å². The number of halogens is 1. The van der Waals surface area contributed by atoms with Crippen molar-refractivity contribution in [2.45, 2.75) is 44.9 Å². The number of rotatable bonds is 16. The summed E-state index contributed by atoms with van der Waals surface area (Å²) in [6, 6.07) is 28.4. The third-order valence-corrected chi connectivity index (χ3v) is 12.1. The van der Waals surface area contributed by atoms with E-state index in [1.54, 1.807) is 38.7 Å². The molecule has 1 aliphatic rings. The number of fused-ring (bicyclic) bond motifs is 1. The summed E-state index contributed by atoms with van der Waals surface area (Å²) in [4.78, 5) is 29.4. The van der Waals surface area contributed by atoms with E-state index in [2.05, 4.69) is 21.3 Å². The molecule has 0 spiro atoms. The number of para-hydroxylation sites is 2. The van der Waals surface area contributed by atoms with Crippen molar-refractivity contribution in [1.29, 1.82) is 0 Å². The van der Waals surface area contributed by atoms with Gasteiger partial charge in [-0.1, -0.05) is 60.1 Å². The first kappa shape index (κ1) is 41.5. The maximum absolute atomic E-state index is 13.0. The molecule has 8 rings (SSSR count). The molecule has 0 radical (unpaired) electrons. The van der Waals surface area contributed by atoms with Crippen LogP contribution in [0.2, 0.25) is 5.02 Å². The average Bonchev–Trinajstić information content (AvgIpc) is 3.91. The molecule has 12 nitrogen and oxygen atoms in total. The molecule has 312 valence electrons. The summed E-state index contributed by atoms with van der Waals surface area (Å²) in [7, 11) is 5.33. The second-order valence-electron chi connectivity index (χ2n) is 14.7. The van der Waals surface area contributed by atoms with Crippen LogP contribution in [0.25, 0.3) is 43.9 Å². The molecule has 2 atom stereocenters. The van der Waals surface area contributed by atoms with Crippen LogP contribution in [0.1, 0.15) is 29.7 Å². The number of likely N-dealkylation sites (N-methyl/N-ethyl adjacent to an activating group) is 1. The van der Waals surface area contributed by atoms with Gasteiger partial charge >= 0.3 is 5.97 Å². The van der Waals surface area contributed by atoms with Gasteiger partial charge in [0.1, 0.15) is 36.2 Å². The minimum atomic E-state index is -1.33. The lowest BCUT2D eigenvalue weighted by Crippen LogP contribution is -2.30. The summed E-state index contributed by atoms with van der Waals surface area (Å²) in [6.07, 6.45) is 4.26. The molecule has 61 heavy (non-hydrogen) atoms. The Kier molecular flexibility index (Phi) is 12.6. The van der Waals surface area contributed by atoms with E-state index < -0.39 is 12.1 Å². The fraction of sp³-hybridized carbons (Fsp3) is 0.255. The molecule has 14 heteroatoms. The van der Waals surface area contributed by atoms with Gasteiger partial charge in [-0.2, -0.15) is 4.37 Å². The van der Waals surface area contributed by atoms with Crippen molar-refractivity contribution in [3.8, 4) is 62.7 Å². The van der Waals surface area contributed by atoms with Crippen molar-refractivity contribution in [2.24, 2.45) is 0 Å². The van der Waals surface area contributed by atoms with E-state index in [-0.39, 0.29) is 18.9 Å². The summed E-state index contributed by atoms with van der Waals surface area (Å²) in [5, 5.41) is 11.7. The van der Waals surface area contributed by atoms with E-state index in [0.29, 0.717) is 79.1 Å². The summed E-state index contributed by atoms with van der Waals surface area (Å²) in [6.45, 7) is 3.63. The number of carboxylic acids is 1. The largest absolute Gasteiger partial charge is 0.497 e. The summed E-state index contributed by atoms with van der Waals surface area (Å²) >= 11 is 8.28. The van der Waals surface area contributed by atoms with E-state index in [4.69, 9.17) is 45.3 Å². The number of nitrogens with zero attached hydrogens (tertiary/aromatic N) is 5. The summed E-state index contributed by atoms with van der Waals surface area (Å²) < 4.78 is 35.5. The van der Waals surface area contributed by atoms with Gasteiger partial charge in [-0.15, -0.1) is 0 Å². The van der Waals surface area contributed by atoms with Gasteiger partial charge in [0, 0.05) is 36.0 Å². The zero-order valence-electron chi connectivity index (χ0n) is 34.1. The van der Waals surface area contributed by atoms with E-state index in [0.717, 1.165) is 41.6 Å². The van der Waals surface area contributed by atoms with Gasteiger partial charge in [-0.25, -0.2) is 14.8 Å². The van der Waals surface area contributed by atoms with E-state index >= 15 is 0 Å². The van der Waals surface area contributed by atoms with E-state index in [9.17, 15) is 9.90 Å². The maximum atomic E-state index is 13.0. The van der Waals surface area contributed by atoms with E-state index in [1.165, 1.54) is 11.5 Å². The minimum Gasteiger partial charge on any atom is -0.497 e. The zero-order valence-corrected chi connectivity index (χ0v) is 35.7. The standard InChI is InChI=1S/C47H44ClN5O7S/c1-28-34(18-19-38(43(28)48)59-27-32-13-10-22-53(32)2)41-42-40(25-50-44(41)30-12-9-14-33(23-30)56-3)61-52-46(42)60-39(47(54)55)24-29-11-5-7-16-36(29)58-26-31-20-21-49-45(51-31)35-15-6-8-17-37(35)57-4/h5-9,11-12,14-21,23,25,32,39H,10,13,22,24,26-27H2,1-4H3,(H,54,55)/t32?,39-/m1/s1. The number of methoxy groups -OCH3 is 2. The normalized spacial score (nSPS) is 14.5. The first-order chi connectivity index (χ1) is 29.7. The van der Waals surface area contributed by atoms with Crippen molar-refractivity contribution in [3.63, 3.8) is 0 Å². The average molecular weight is 858 g/mol. The molecule has 1 unspecified atom stereocenters. The van der Waals surface area contributed by atoms with Gasteiger partial charge < -0.3 is 33.7 Å². The Labute approximate surface area is 362 Å². The van der Waals surface area contributed by atoms with E-state index in [1.807, 2.05) is 85.8 Å². The number of carboxylic acid groups (broad SMARTS) is 1. The topological polar surface area (TPSA) is 138 Å². The van der Waals surface area contributed by atoms with Crippen LogP contribution in [-0.2, 0) is 17.8 Å². The van der Waals surface area contributed by atoms with Crippen LogP contribution in [0, 0.1) is 6.92 Å². The molecule has 3 aromatic heterocycles. The predicted octanol–water partition coefficient (Wildman–Crippen LogP) is 9.59. The first-order valence-electron chi connectivity index (χ1n) is 19.8. The lowest BCUT2D eigenvalue weighted by atomic mass is 9.93. The van der Waals surface area contributed by atoms with Crippen molar-refractivity contribution >= 4 is 39.2 Å². The number of hydrogen-bond donors (Lipinski definition) is 1.